The molecular weight excluding hydrogens is 348 g/mol. The van der Waals surface area contributed by atoms with E-state index in [-0.39, 0.29) is 11.8 Å². The molecule has 146 valence electrons. The van der Waals surface area contributed by atoms with E-state index in [2.05, 4.69) is 9.88 Å². The van der Waals surface area contributed by atoms with Crippen LogP contribution in [0.3, 0.4) is 0 Å². The maximum atomic E-state index is 12.7. The number of piperidine rings is 1. The number of nitrogens with zero attached hydrogens (tertiary/aromatic N) is 4. The van der Waals surface area contributed by atoms with Gasteiger partial charge in [-0.05, 0) is 12.1 Å². The first-order valence-electron chi connectivity index (χ1n) is 9.60. The highest BCUT2D eigenvalue weighted by molar-refractivity contribution is 5.92. The fourth-order valence-corrected chi connectivity index (χ4v) is 3.98. The van der Waals surface area contributed by atoms with Crippen molar-refractivity contribution < 1.29 is 19.1 Å². The van der Waals surface area contributed by atoms with Crippen LogP contribution in [0.25, 0.3) is 0 Å². The Kier molecular flexibility index (Phi) is 5.01. The van der Waals surface area contributed by atoms with Crippen LogP contribution in [0.5, 0.6) is 0 Å². The van der Waals surface area contributed by atoms with Gasteiger partial charge in [-0.15, -0.1) is 0 Å². The van der Waals surface area contributed by atoms with Crippen molar-refractivity contribution in [3.8, 4) is 0 Å². The van der Waals surface area contributed by atoms with Gasteiger partial charge in [-0.3, -0.25) is 9.59 Å². The molecule has 0 bridgehead atoms. The number of carbonyl (C=O) groups is 2. The maximum absolute atomic E-state index is 12.7. The Bertz CT molecular complexity index is 684. The lowest BCUT2D eigenvalue weighted by Crippen LogP contribution is -2.48. The van der Waals surface area contributed by atoms with Crippen molar-refractivity contribution in [1.82, 2.24) is 14.8 Å². The van der Waals surface area contributed by atoms with Gasteiger partial charge in [-0.1, -0.05) is 0 Å². The molecule has 8 heteroatoms. The molecule has 0 unspecified atom stereocenters. The first kappa shape index (κ1) is 18.2. The van der Waals surface area contributed by atoms with Gasteiger partial charge in [-0.2, -0.15) is 0 Å². The minimum Gasteiger partial charge on any atom is -0.367 e. The summed E-state index contributed by atoms with van der Waals surface area (Å²) >= 11 is 0. The molecule has 3 aliphatic rings. The second kappa shape index (κ2) is 7.44. The average Bonchev–Trinajstić information content (AvgIpc) is 3.16. The van der Waals surface area contributed by atoms with Gasteiger partial charge in [-0.25, -0.2) is 4.98 Å². The molecular formula is C19H26N4O4. The van der Waals surface area contributed by atoms with E-state index < -0.39 is 5.79 Å². The zero-order chi connectivity index (χ0) is 18.9. The highest BCUT2D eigenvalue weighted by Crippen LogP contribution is 2.31. The minimum atomic E-state index is -0.476. The number of likely N-dealkylation sites (tertiary alicyclic amines) is 1. The predicted octanol–water partition coefficient (Wildman–Crippen LogP) is 0.729. The lowest BCUT2D eigenvalue weighted by atomic mass is 10.0. The smallest absolute Gasteiger partial charge is 0.272 e. The highest BCUT2D eigenvalue weighted by atomic mass is 16.7. The summed E-state index contributed by atoms with van der Waals surface area (Å²) in [6.07, 6.45) is 3.17. The molecule has 3 saturated heterocycles. The minimum absolute atomic E-state index is 0.0456. The summed E-state index contributed by atoms with van der Waals surface area (Å²) in [6.45, 7) is 7.11. The number of hydrogen-bond donors (Lipinski definition) is 0. The molecule has 4 rings (SSSR count). The Morgan fingerprint density at radius 3 is 2.19 bits per heavy atom. The lowest BCUT2D eigenvalue weighted by molar-refractivity contribution is -0.181. The van der Waals surface area contributed by atoms with Gasteiger partial charge < -0.3 is 24.2 Å². The lowest BCUT2D eigenvalue weighted by Gasteiger charge is -2.37. The summed E-state index contributed by atoms with van der Waals surface area (Å²) in [5.74, 6) is -0.406. The Morgan fingerprint density at radius 1 is 0.963 bits per heavy atom. The summed E-state index contributed by atoms with van der Waals surface area (Å²) in [5, 5.41) is 0. The van der Waals surface area contributed by atoms with Crippen LogP contribution < -0.4 is 4.90 Å². The first-order valence-corrected chi connectivity index (χ1v) is 9.60. The third kappa shape index (κ3) is 3.77. The summed E-state index contributed by atoms with van der Waals surface area (Å²) < 4.78 is 11.4. The van der Waals surface area contributed by atoms with Gasteiger partial charge in [0.15, 0.2) is 5.79 Å². The van der Waals surface area contributed by atoms with E-state index in [4.69, 9.17) is 9.47 Å². The molecule has 1 spiro atoms. The number of carbonyl (C=O) groups excluding carboxylic acids is 2. The second-order valence-electron chi connectivity index (χ2n) is 7.29. The van der Waals surface area contributed by atoms with Crippen LogP contribution >= 0.6 is 0 Å². The molecule has 0 atom stereocenters. The van der Waals surface area contributed by atoms with E-state index in [1.807, 2.05) is 15.9 Å². The van der Waals surface area contributed by atoms with E-state index in [0.717, 1.165) is 31.9 Å². The number of hydrogen-bond acceptors (Lipinski definition) is 6. The quantitative estimate of drug-likeness (QED) is 0.760. The van der Waals surface area contributed by atoms with E-state index in [1.165, 1.54) is 0 Å². The Labute approximate surface area is 159 Å². The number of pyridine rings is 1. The SMILES string of the molecule is CC(=O)N1CCN(c2ccc(C(=O)N3CCC4(CC3)OCCO4)nc2)CC1. The van der Waals surface area contributed by atoms with Crippen LogP contribution in [0.1, 0.15) is 30.3 Å². The first-order chi connectivity index (χ1) is 13.1. The molecule has 0 N–H and O–H groups in total. The summed E-state index contributed by atoms with van der Waals surface area (Å²) in [7, 11) is 0. The number of ether oxygens (including phenoxy) is 2. The van der Waals surface area contributed by atoms with Crippen LogP contribution in [-0.4, -0.2) is 84.9 Å². The Balaban J connectivity index is 1.34. The Morgan fingerprint density at radius 2 is 1.63 bits per heavy atom. The highest BCUT2D eigenvalue weighted by Gasteiger charge is 2.41. The van der Waals surface area contributed by atoms with Gasteiger partial charge in [0.2, 0.25) is 5.91 Å². The van der Waals surface area contributed by atoms with E-state index in [0.29, 0.717) is 44.8 Å². The van der Waals surface area contributed by atoms with Crippen molar-refractivity contribution in [3.05, 3.63) is 24.0 Å². The predicted molar refractivity (Wildman–Crippen MR) is 98.5 cm³/mol. The van der Waals surface area contributed by atoms with Crippen LogP contribution in [0.15, 0.2) is 18.3 Å². The van der Waals surface area contributed by atoms with Crippen molar-refractivity contribution in [3.63, 3.8) is 0 Å². The van der Waals surface area contributed by atoms with Crippen molar-refractivity contribution >= 4 is 17.5 Å². The number of aromatic nitrogens is 1. The van der Waals surface area contributed by atoms with Gasteiger partial charge in [0, 0.05) is 59.0 Å². The summed E-state index contributed by atoms with van der Waals surface area (Å²) in [6, 6.07) is 3.74. The molecule has 1 aromatic rings. The topological polar surface area (TPSA) is 75.2 Å². The molecule has 0 aliphatic carbocycles. The van der Waals surface area contributed by atoms with Crippen molar-refractivity contribution in [1.29, 1.82) is 0 Å². The van der Waals surface area contributed by atoms with Crippen molar-refractivity contribution in [2.45, 2.75) is 25.6 Å². The third-order valence-corrected chi connectivity index (χ3v) is 5.68. The zero-order valence-corrected chi connectivity index (χ0v) is 15.7. The molecule has 3 fully saturated rings. The average molecular weight is 374 g/mol. The van der Waals surface area contributed by atoms with Crippen molar-refractivity contribution in [2.75, 3.05) is 57.4 Å². The van der Waals surface area contributed by atoms with Gasteiger partial charge >= 0.3 is 0 Å². The normalized spacial score (nSPS) is 22.3. The molecule has 1 aromatic heterocycles. The van der Waals surface area contributed by atoms with Crippen LogP contribution in [0.4, 0.5) is 5.69 Å². The van der Waals surface area contributed by atoms with E-state index in [9.17, 15) is 9.59 Å². The van der Waals surface area contributed by atoms with Crippen molar-refractivity contribution in [2.24, 2.45) is 0 Å². The fraction of sp³-hybridized carbons (Fsp3) is 0.632. The molecule has 0 radical (unpaired) electrons. The largest absolute Gasteiger partial charge is 0.367 e. The van der Waals surface area contributed by atoms with Gasteiger partial charge in [0.05, 0.1) is 25.1 Å². The molecule has 0 aromatic carbocycles. The fourth-order valence-electron chi connectivity index (χ4n) is 3.98. The molecule has 4 heterocycles. The van der Waals surface area contributed by atoms with Gasteiger partial charge in [0.1, 0.15) is 5.69 Å². The molecule has 2 amide bonds. The standard InChI is InChI=1S/C19H26N4O4/c1-15(24)21-8-10-22(11-9-21)16-2-3-17(20-14-16)18(25)23-6-4-19(5-7-23)26-12-13-27-19/h2-3,14H,4-13H2,1H3. The summed E-state index contributed by atoms with van der Waals surface area (Å²) in [4.78, 5) is 34.4. The molecule has 3 aliphatic heterocycles. The number of piperazine rings is 1. The molecule has 0 saturated carbocycles. The number of amides is 2. The maximum Gasteiger partial charge on any atom is 0.272 e. The Hall–Kier alpha value is -2.19. The van der Waals surface area contributed by atoms with E-state index >= 15 is 0 Å². The molecule has 8 nitrogen and oxygen atoms in total. The zero-order valence-electron chi connectivity index (χ0n) is 15.7. The number of anilines is 1. The third-order valence-electron chi connectivity index (χ3n) is 5.68. The van der Waals surface area contributed by atoms with Gasteiger partial charge in [0.25, 0.3) is 5.91 Å². The van der Waals surface area contributed by atoms with Crippen LogP contribution in [-0.2, 0) is 14.3 Å². The van der Waals surface area contributed by atoms with Crippen LogP contribution in [0.2, 0.25) is 0 Å². The number of rotatable bonds is 2. The molecule has 27 heavy (non-hydrogen) atoms. The monoisotopic (exact) mass is 374 g/mol. The summed E-state index contributed by atoms with van der Waals surface area (Å²) in [5.41, 5.74) is 1.45. The van der Waals surface area contributed by atoms with E-state index in [1.54, 1.807) is 19.2 Å². The van der Waals surface area contributed by atoms with Crippen LogP contribution in [0, 0.1) is 0 Å². The second-order valence-corrected chi connectivity index (χ2v) is 7.29.